The average molecular weight is 434 g/mol. The lowest BCUT2D eigenvalue weighted by molar-refractivity contribution is -0.120. The van der Waals surface area contributed by atoms with Crippen molar-refractivity contribution in [1.29, 1.82) is 0 Å². The van der Waals surface area contributed by atoms with Crippen molar-refractivity contribution in [1.82, 2.24) is 10.3 Å². The molecule has 1 saturated heterocycles. The minimum absolute atomic E-state index is 0.0726. The number of likely N-dealkylation sites (tertiary alicyclic amines) is 1. The van der Waals surface area contributed by atoms with E-state index in [4.69, 9.17) is 10.6 Å². The summed E-state index contributed by atoms with van der Waals surface area (Å²) >= 11 is 0. The van der Waals surface area contributed by atoms with E-state index < -0.39 is 6.09 Å². The summed E-state index contributed by atoms with van der Waals surface area (Å²) in [7, 11) is 0. The lowest BCUT2D eigenvalue weighted by Crippen LogP contribution is -2.46. The molecule has 1 aliphatic rings. The topological polar surface area (TPSA) is 105 Å². The minimum atomic E-state index is -0.925. The predicted octanol–water partition coefficient (Wildman–Crippen LogP) is 3.42. The normalized spacial score (nSPS) is 18.5. The zero-order chi connectivity index (χ0) is 22.5. The Labute approximate surface area is 186 Å². The van der Waals surface area contributed by atoms with Crippen LogP contribution in [0.2, 0.25) is 0 Å². The lowest BCUT2D eigenvalue weighted by atomic mass is 9.86. The molecule has 166 valence electrons. The van der Waals surface area contributed by atoms with Crippen LogP contribution in [0.5, 0.6) is 0 Å². The molecule has 0 radical (unpaired) electrons. The van der Waals surface area contributed by atoms with Crippen molar-refractivity contribution in [2.24, 2.45) is 5.84 Å². The molecular weight excluding hydrogens is 406 g/mol. The van der Waals surface area contributed by atoms with Gasteiger partial charge in [0, 0.05) is 12.5 Å². The van der Waals surface area contributed by atoms with Crippen molar-refractivity contribution >= 4 is 22.8 Å². The largest absolute Gasteiger partial charge is 0.465 e. The fraction of sp³-hybridized carbons (Fsp3) is 0.280. The second kappa shape index (κ2) is 9.80. The standard InChI is InChI=1S/C25H27N3O4/c26-27-24(29)14-17-5-9-20(10-6-17)22-11-12-28(25(30)31)15-23(22)32-16-18-7-8-19-3-1-2-4-21(19)13-18/h1-10,13,22-23H,11-12,14-16,26H2,(H,27,29)(H,30,31). The number of carbonyl (C=O) groups is 2. The molecule has 7 nitrogen and oxygen atoms in total. The highest BCUT2D eigenvalue weighted by atomic mass is 16.5. The van der Waals surface area contributed by atoms with Gasteiger partial charge >= 0.3 is 6.09 Å². The second-order valence-electron chi connectivity index (χ2n) is 8.14. The Morgan fingerprint density at radius 3 is 2.47 bits per heavy atom. The molecule has 1 heterocycles. The second-order valence-corrected chi connectivity index (χ2v) is 8.14. The number of carboxylic acid groups (broad SMARTS) is 1. The number of fused-ring (bicyclic) bond motifs is 1. The molecule has 0 spiro atoms. The molecule has 2 unspecified atom stereocenters. The molecule has 7 heteroatoms. The van der Waals surface area contributed by atoms with Crippen LogP contribution in [-0.4, -0.2) is 41.2 Å². The summed E-state index contributed by atoms with van der Waals surface area (Å²) in [5.74, 6) is 4.99. The number of nitrogens with one attached hydrogen (secondary N) is 1. The summed E-state index contributed by atoms with van der Waals surface area (Å²) in [5.41, 5.74) is 5.14. The van der Waals surface area contributed by atoms with Crippen LogP contribution < -0.4 is 11.3 Å². The van der Waals surface area contributed by atoms with Crippen LogP contribution in [0, 0.1) is 0 Å². The summed E-state index contributed by atoms with van der Waals surface area (Å²) in [5, 5.41) is 11.8. The maximum absolute atomic E-state index is 11.6. The van der Waals surface area contributed by atoms with Crippen LogP contribution in [0.1, 0.15) is 29.0 Å². The molecule has 0 bridgehead atoms. The number of hydrazine groups is 1. The Morgan fingerprint density at radius 2 is 1.75 bits per heavy atom. The van der Waals surface area contributed by atoms with Crippen LogP contribution in [0.4, 0.5) is 4.79 Å². The van der Waals surface area contributed by atoms with Gasteiger partial charge in [-0.2, -0.15) is 0 Å². The quantitative estimate of drug-likeness (QED) is 0.314. The molecule has 2 atom stereocenters. The average Bonchev–Trinajstić information content (AvgIpc) is 2.83. The summed E-state index contributed by atoms with van der Waals surface area (Å²) in [6, 6.07) is 22.2. The number of amides is 2. The fourth-order valence-electron chi connectivity index (χ4n) is 4.29. The van der Waals surface area contributed by atoms with E-state index in [0.29, 0.717) is 26.1 Å². The van der Waals surface area contributed by atoms with E-state index in [9.17, 15) is 14.7 Å². The van der Waals surface area contributed by atoms with Gasteiger partial charge in [0.05, 0.1) is 25.7 Å². The third-order valence-electron chi connectivity index (χ3n) is 6.04. The molecule has 1 fully saturated rings. The highest BCUT2D eigenvalue weighted by Crippen LogP contribution is 2.31. The lowest BCUT2D eigenvalue weighted by Gasteiger charge is -2.37. The monoisotopic (exact) mass is 433 g/mol. The highest BCUT2D eigenvalue weighted by Gasteiger charge is 2.33. The van der Waals surface area contributed by atoms with Crippen LogP contribution in [0.15, 0.2) is 66.7 Å². The van der Waals surface area contributed by atoms with Crippen molar-refractivity contribution in [3.05, 3.63) is 83.4 Å². The number of nitrogens with two attached hydrogens (primary N) is 1. The molecule has 0 aromatic heterocycles. The smallest absolute Gasteiger partial charge is 0.407 e. The number of carbonyl (C=O) groups excluding carboxylic acids is 1. The number of piperidine rings is 1. The van der Waals surface area contributed by atoms with Gasteiger partial charge in [-0.05, 0) is 39.9 Å². The number of nitrogens with zero attached hydrogens (tertiary/aromatic N) is 1. The third kappa shape index (κ3) is 5.07. The summed E-state index contributed by atoms with van der Waals surface area (Å²) < 4.78 is 6.29. The van der Waals surface area contributed by atoms with E-state index in [2.05, 4.69) is 29.7 Å². The van der Waals surface area contributed by atoms with Gasteiger partial charge in [-0.25, -0.2) is 10.6 Å². The van der Waals surface area contributed by atoms with Gasteiger partial charge in [-0.3, -0.25) is 10.2 Å². The maximum atomic E-state index is 11.6. The summed E-state index contributed by atoms with van der Waals surface area (Å²) in [6.07, 6.45) is -0.289. The van der Waals surface area contributed by atoms with Crippen LogP contribution in [0.3, 0.4) is 0 Å². The highest BCUT2D eigenvalue weighted by molar-refractivity contribution is 5.83. The number of ether oxygens (including phenoxy) is 1. The summed E-state index contributed by atoms with van der Waals surface area (Å²) in [6.45, 7) is 1.20. The van der Waals surface area contributed by atoms with Crippen LogP contribution in [0.25, 0.3) is 10.8 Å². The molecule has 3 aromatic carbocycles. The predicted molar refractivity (Wildman–Crippen MR) is 122 cm³/mol. The molecule has 2 amide bonds. The van der Waals surface area contributed by atoms with E-state index in [1.165, 1.54) is 10.3 Å². The number of rotatable bonds is 6. The molecule has 0 saturated carbocycles. The Bertz CT molecular complexity index is 1100. The SMILES string of the molecule is NNC(=O)Cc1ccc(C2CCN(C(=O)O)CC2OCc2ccc3ccccc3c2)cc1. The Kier molecular flexibility index (Phi) is 6.68. The third-order valence-corrected chi connectivity index (χ3v) is 6.04. The Balaban J connectivity index is 1.50. The first-order valence-corrected chi connectivity index (χ1v) is 10.7. The molecular formula is C25H27N3O4. The van der Waals surface area contributed by atoms with Gasteiger partial charge in [0.15, 0.2) is 0 Å². The van der Waals surface area contributed by atoms with Gasteiger partial charge < -0.3 is 14.7 Å². The fourth-order valence-corrected chi connectivity index (χ4v) is 4.29. The molecule has 1 aliphatic heterocycles. The van der Waals surface area contributed by atoms with E-state index in [0.717, 1.165) is 22.1 Å². The van der Waals surface area contributed by atoms with Crippen LogP contribution >= 0.6 is 0 Å². The molecule has 4 rings (SSSR count). The first-order chi connectivity index (χ1) is 15.5. The van der Waals surface area contributed by atoms with Gasteiger partial charge in [0.25, 0.3) is 0 Å². The minimum Gasteiger partial charge on any atom is -0.465 e. The van der Waals surface area contributed by atoms with Crippen LogP contribution in [-0.2, 0) is 22.6 Å². The Hall–Kier alpha value is -3.42. The van der Waals surface area contributed by atoms with Gasteiger partial charge in [-0.1, -0.05) is 60.7 Å². The zero-order valence-corrected chi connectivity index (χ0v) is 17.7. The van der Waals surface area contributed by atoms with Gasteiger partial charge in [-0.15, -0.1) is 0 Å². The molecule has 32 heavy (non-hydrogen) atoms. The van der Waals surface area contributed by atoms with Crippen molar-refractivity contribution in [2.75, 3.05) is 13.1 Å². The van der Waals surface area contributed by atoms with Crippen molar-refractivity contribution in [2.45, 2.75) is 31.5 Å². The molecule has 0 aliphatic carbocycles. The number of hydrogen-bond donors (Lipinski definition) is 3. The van der Waals surface area contributed by atoms with Crippen molar-refractivity contribution < 1.29 is 19.4 Å². The summed E-state index contributed by atoms with van der Waals surface area (Å²) in [4.78, 5) is 24.5. The first-order valence-electron chi connectivity index (χ1n) is 10.7. The Morgan fingerprint density at radius 1 is 1.03 bits per heavy atom. The number of hydrogen-bond acceptors (Lipinski definition) is 4. The number of benzene rings is 3. The molecule has 3 aromatic rings. The van der Waals surface area contributed by atoms with Crippen molar-refractivity contribution in [3.63, 3.8) is 0 Å². The van der Waals surface area contributed by atoms with E-state index in [1.54, 1.807) is 0 Å². The van der Waals surface area contributed by atoms with Gasteiger partial charge in [0.2, 0.25) is 5.91 Å². The first kappa shape index (κ1) is 21.8. The molecule has 4 N–H and O–H groups in total. The van der Waals surface area contributed by atoms with E-state index in [-0.39, 0.29) is 24.3 Å². The van der Waals surface area contributed by atoms with Crippen molar-refractivity contribution in [3.8, 4) is 0 Å². The maximum Gasteiger partial charge on any atom is 0.407 e. The van der Waals surface area contributed by atoms with E-state index >= 15 is 0 Å². The zero-order valence-electron chi connectivity index (χ0n) is 17.7. The van der Waals surface area contributed by atoms with Gasteiger partial charge in [0.1, 0.15) is 0 Å². The van der Waals surface area contributed by atoms with E-state index in [1.807, 2.05) is 42.5 Å².